The van der Waals surface area contributed by atoms with Crippen LogP contribution in [0.2, 0.25) is 0 Å². The number of fused-ring (bicyclic) bond motifs is 1. The van der Waals surface area contributed by atoms with Gasteiger partial charge in [-0.1, -0.05) is 84.9 Å². The first-order valence-corrected chi connectivity index (χ1v) is 11.9. The van der Waals surface area contributed by atoms with Crippen LogP contribution in [0.25, 0.3) is 10.8 Å². The highest BCUT2D eigenvalue weighted by atomic mass is 16.5. The molecule has 0 amide bonds. The zero-order valence-electron chi connectivity index (χ0n) is 18.6. The molecule has 0 bridgehead atoms. The smallest absolute Gasteiger partial charge is 0.108 e. The standard InChI is InChI=1S/C29H32N2O/c1-3-10-24(11-4-1)29(25-12-5-2-6-13-25)32-28-16-20-30(21-17-28)18-9-19-31-22-26-14-7-8-15-27(26)23-31/h1-8,10-15,22-23,28-29H,9,16-21H2. The molecule has 5 rings (SSSR count). The Morgan fingerprint density at radius 3 is 1.78 bits per heavy atom. The van der Waals surface area contributed by atoms with E-state index in [0.717, 1.165) is 39.0 Å². The first-order valence-electron chi connectivity index (χ1n) is 11.9. The van der Waals surface area contributed by atoms with Crippen molar-refractivity contribution in [2.24, 2.45) is 0 Å². The van der Waals surface area contributed by atoms with Crippen molar-refractivity contribution >= 4 is 10.8 Å². The number of hydrogen-bond donors (Lipinski definition) is 0. The van der Waals surface area contributed by atoms with Gasteiger partial charge < -0.3 is 14.2 Å². The highest BCUT2D eigenvalue weighted by molar-refractivity contribution is 5.82. The Hall–Kier alpha value is -2.88. The summed E-state index contributed by atoms with van der Waals surface area (Å²) in [5.74, 6) is 0. The van der Waals surface area contributed by atoms with Crippen molar-refractivity contribution in [3.8, 4) is 0 Å². The largest absolute Gasteiger partial charge is 0.365 e. The van der Waals surface area contributed by atoms with Crippen LogP contribution in [-0.4, -0.2) is 35.2 Å². The van der Waals surface area contributed by atoms with E-state index >= 15 is 0 Å². The zero-order chi connectivity index (χ0) is 21.6. The Bertz CT molecular complexity index is 1030. The van der Waals surface area contributed by atoms with E-state index in [4.69, 9.17) is 4.74 Å². The summed E-state index contributed by atoms with van der Waals surface area (Å²) in [5, 5.41) is 2.66. The number of rotatable bonds is 8. The summed E-state index contributed by atoms with van der Waals surface area (Å²) in [6.07, 6.45) is 8.24. The Morgan fingerprint density at radius 1 is 0.688 bits per heavy atom. The number of benzene rings is 3. The third kappa shape index (κ3) is 5.12. The van der Waals surface area contributed by atoms with Gasteiger partial charge in [0.1, 0.15) is 6.10 Å². The molecule has 0 saturated carbocycles. The van der Waals surface area contributed by atoms with Crippen LogP contribution in [0.15, 0.2) is 97.3 Å². The molecule has 0 radical (unpaired) electrons. The van der Waals surface area contributed by atoms with E-state index < -0.39 is 0 Å². The Morgan fingerprint density at radius 2 is 1.22 bits per heavy atom. The van der Waals surface area contributed by atoms with Gasteiger partial charge in [-0.3, -0.25) is 0 Å². The topological polar surface area (TPSA) is 17.4 Å². The number of ether oxygens (including phenoxy) is 1. The van der Waals surface area contributed by atoms with Crippen LogP contribution in [-0.2, 0) is 11.3 Å². The molecule has 164 valence electrons. The normalized spacial score (nSPS) is 15.5. The fraction of sp³-hybridized carbons (Fsp3) is 0.310. The summed E-state index contributed by atoms with van der Waals surface area (Å²) in [6, 6.07) is 29.9. The van der Waals surface area contributed by atoms with Gasteiger partial charge in [-0.05, 0) is 47.7 Å². The summed E-state index contributed by atoms with van der Waals surface area (Å²) >= 11 is 0. The fourth-order valence-corrected chi connectivity index (χ4v) is 4.81. The summed E-state index contributed by atoms with van der Waals surface area (Å²) in [5.41, 5.74) is 2.47. The van der Waals surface area contributed by atoms with Crippen molar-refractivity contribution < 1.29 is 4.74 Å². The Labute approximate surface area is 191 Å². The van der Waals surface area contributed by atoms with Crippen molar-refractivity contribution in [1.82, 2.24) is 9.47 Å². The van der Waals surface area contributed by atoms with Gasteiger partial charge in [-0.2, -0.15) is 0 Å². The molecule has 1 aromatic heterocycles. The molecule has 1 aliphatic rings. The minimum absolute atomic E-state index is 0.0109. The molecular weight excluding hydrogens is 392 g/mol. The van der Waals surface area contributed by atoms with E-state index in [1.165, 1.54) is 28.3 Å². The monoisotopic (exact) mass is 424 g/mol. The average Bonchev–Trinajstić information content (AvgIpc) is 3.27. The molecule has 3 aromatic carbocycles. The lowest BCUT2D eigenvalue weighted by Gasteiger charge is -2.34. The molecular formula is C29H32N2O. The molecule has 3 heteroatoms. The molecule has 32 heavy (non-hydrogen) atoms. The van der Waals surface area contributed by atoms with E-state index in [1.807, 2.05) is 0 Å². The molecule has 3 nitrogen and oxygen atoms in total. The van der Waals surface area contributed by atoms with Gasteiger partial charge >= 0.3 is 0 Å². The van der Waals surface area contributed by atoms with Gasteiger partial charge in [0.25, 0.3) is 0 Å². The Kier molecular flexibility index (Phi) is 6.66. The van der Waals surface area contributed by atoms with E-state index in [2.05, 4.69) is 107 Å². The fourth-order valence-electron chi connectivity index (χ4n) is 4.81. The van der Waals surface area contributed by atoms with Gasteiger partial charge in [0.05, 0.1) is 6.10 Å². The summed E-state index contributed by atoms with van der Waals surface area (Å²) in [6.45, 7) is 4.47. The molecule has 1 aliphatic heterocycles. The molecule has 4 aromatic rings. The molecule has 1 fully saturated rings. The van der Waals surface area contributed by atoms with Crippen LogP contribution in [0.1, 0.15) is 36.5 Å². The maximum Gasteiger partial charge on any atom is 0.108 e. The third-order valence-corrected chi connectivity index (χ3v) is 6.56. The lowest BCUT2D eigenvalue weighted by Crippen LogP contribution is -2.38. The SMILES string of the molecule is c1ccc(C(OC2CCN(CCCn3cc4ccccc4c3)CC2)c2ccccc2)cc1. The van der Waals surface area contributed by atoms with Crippen molar-refractivity contribution in [1.29, 1.82) is 0 Å². The van der Waals surface area contributed by atoms with Crippen LogP contribution < -0.4 is 0 Å². The van der Waals surface area contributed by atoms with Crippen LogP contribution >= 0.6 is 0 Å². The second-order valence-electron chi connectivity index (χ2n) is 8.86. The lowest BCUT2D eigenvalue weighted by atomic mass is 10.00. The second kappa shape index (κ2) is 10.2. The van der Waals surface area contributed by atoms with E-state index in [-0.39, 0.29) is 6.10 Å². The van der Waals surface area contributed by atoms with Gasteiger partial charge in [-0.15, -0.1) is 0 Å². The summed E-state index contributed by atoms with van der Waals surface area (Å²) in [7, 11) is 0. The van der Waals surface area contributed by atoms with E-state index in [0.29, 0.717) is 6.10 Å². The second-order valence-corrected chi connectivity index (χ2v) is 8.86. The quantitative estimate of drug-likeness (QED) is 0.330. The molecule has 1 saturated heterocycles. The van der Waals surface area contributed by atoms with Crippen LogP contribution in [0.4, 0.5) is 0 Å². The number of aryl methyl sites for hydroxylation is 1. The van der Waals surface area contributed by atoms with Crippen molar-refractivity contribution in [3.05, 3.63) is 108 Å². The molecule has 0 aliphatic carbocycles. The van der Waals surface area contributed by atoms with Crippen molar-refractivity contribution in [2.75, 3.05) is 19.6 Å². The molecule has 0 atom stereocenters. The molecule has 2 heterocycles. The molecule has 0 unspecified atom stereocenters. The zero-order valence-corrected chi connectivity index (χ0v) is 18.6. The van der Waals surface area contributed by atoms with Gasteiger partial charge in [0, 0.05) is 32.0 Å². The average molecular weight is 425 g/mol. The predicted octanol–water partition coefficient (Wildman–Crippen LogP) is 6.30. The minimum atomic E-state index is 0.0109. The maximum atomic E-state index is 6.69. The number of nitrogens with zero attached hydrogens (tertiary/aromatic N) is 2. The summed E-state index contributed by atoms with van der Waals surface area (Å²) < 4.78 is 9.03. The molecule has 0 N–H and O–H groups in total. The van der Waals surface area contributed by atoms with E-state index in [1.54, 1.807) is 0 Å². The third-order valence-electron chi connectivity index (χ3n) is 6.56. The molecule has 0 spiro atoms. The number of likely N-dealkylation sites (tertiary alicyclic amines) is 1. The first kappa shape index (κ1) is 21.0. The maximum absolute atomic E-state index is 6.69. The minimum Gasteiger partial charge on any atom is -0.365 e. The van der Waals surface area contributed by atoms with Crippen LogP contribution in [0, 0.1) is 0 Å². The number of aromatic nitrogens is 1. The summed E-state index contributed by atoms with van der Waals surface area (Å²) in [4.78, 5) is 2.60. The number of piperidine rings is 1. The predicted molar refractivity (Wildman–Crippen MR) is 132 cm³/mol. The van der Waals surface area contributed by atoms with Crippen LogP contribution in [0.3, 0.4) is 0 Å². The van der Waals surface area contributed by atoms with E-state index in [9.17, 15) is 0 Å². The van der Waals surface area contributed by atoms with Crippen molar-refractivity contribution in [2.45, 2.75) is 38.0 Å². The van der Waals surface area contributed by atoms with Gasteiger partial charge in [-0.25, -0.2) is 0 Å². The first-order chi connectivity index (χ1) is 15.8. The van der Waals surface area contributed by atoms with Gasteiger partial charge in [0.2, 0.25) is 0 Å². The van der Waals surface area contributed by atoms with Gasteiger partial charge in [0.15, 0.2) is 0 Å². The lowest BCUT2D eigenvalue weighted by molar-refractivity contribution is -0.0271. The highest BCUT2D eigenvalue weighted by Crippen LogP contribution is 2.30. The highest BCUT2D eigenvalue weighted by Gasteiger charge is 2.24. The Balaban J connectivity index is 1.13. The van der Waals surface area contributed by atoms with Crippen molar-refractivity contribution in [3.63, 3.8) is 0 Å². The number of hydrogen-bond acceptors (Lipinski definition) is 2. The van der Waals surface area contributed by atoms with Crippen LogP contribution in [0.5, 0.6) is 0 Å².